The molecule has 2 N–H and O–H groups in total. The number of rotatable bonds is 7. The van der Waals surface area contributed by atoms with Crippen LogP contribution in [0.2, 0.25) is 0 Å². The minimum absolute atomic E-state index is 0.00904. The summed E-state index contributed by atoms with van der Waals surface area (Å²) in [6.07, 6.45) is 4.01. The van der Waals surface area contributed by atoms with Crippen molar-refractivity contribution in [3.05, 3.63) is 58.9 Å². The van der Waals surface area contributed by atoms with Crippen LogP contribution in [0.25, 0.3) is 28.2 Å². The van der Waals surface area contributed by atoms with Gasteiger partial charge in [-0.3, -0.25) is 4.79 Å². The van der Waals surface area contributed by atoms with Gasteiger partial charge in [0, 0.05) is 34.7 Å². The molecule has 6 nitrogen and oxygen atoms in total. The molecule has 1 aliphatic rings. The molecule has 1 saturated carbocycles. The number of fused-ring (bicyclic) bond motifs is 1. The zero-order valence-corrected chi connectivity index (χ0v) is 18.4. The van der Waals surface area contributed by atoms with E-state index in [9.17, 15) is 4.79 Å². The van der Waals surface area contributed by atoms with Gasteiger partial charge in [0.05, 0.1) is 23.3 Å². The maximum atomic E-state index is 12.3. The highest BCUT2D eigenvalue weighted by Crippen LogP contribution is 2.29. The van der Waals surface area contributed by atoms with Crippen molar-refractivity contribution in [2.45, 2.75) is 32.7 Å². The average Bonchev–Trinajstić information content (AvgIpc) is 3.25. The maximum absolute atomic E-state index is 12.3. The molecule has 0 radical (unpaired) electrons. The highest BCUT2D eigenvalue weighted by molar-refractivity contribution is 7.08. The molecular weight excluding hydrogens is 406 g/mol. The predicted octanol–water partition coefficient (Wildman–Crippen LogP) is 5.08. The number of benzene rings is 1. The van der Waals surface area contributed by atoms with E-state index in [-0.39, 0.29) is 5.91 Å². The van der Waals surface area contributed by atoms with Crippen molar-refractivity contribution in [2.75, 3.05) is 11.9 Å². The molecule has 0 saturated heterocycles. The van der Waals surface area contributed by atoms with Crippen molar-refractivity contribution in [3.63, 3.8) is 0 Å². The van der Waals surface area contributed by atoms with Crippen molar-refractivity contribution in [2.24, 2.45) is 5.92 Å². The van der Waals surface area contributed by atoms with Gasteiger partial charge in [-0.2, -0.15) is 16.4 Å². The van der Waals surface area contributed by atoms with E-state index in [1.165, 1.54) is 0 Å². The Hall–Kier alpha value is -3.19. The molecule has 4 aromatic rings. The number of amides is 1. The monoisotopic (exact) mass is 431 g/mol. The molecule has 7 heteroatoms. The molecule has 0 atom stereocenters. The van der Waals surface area contributed by atoms with Gasteiger partial charge in [-0.1, -0.05) is 26.0 Å². The van der Waals surface area contributed by atoms with Crippen LogP contribution in [0, 0.1) is 5.92 Å². The molecule has 3 aromatic heterocycles. The van der Waals surface area contributed by atoms with Gasteiger partial charge < -0.3 is 10.6 Å². The predicted molar refractivity (Wildman–Crippen MR) is 126 cm³/mol. The summed E-state index contributed by atoms with van der Waals surface area (Å²) in [4.78, 5) is 17.0. The smallest absolute Gasteiger partial charge is 0.251 e. The molecule has 0 aliphatic heterocycles. The molecule has 0 unspecified atom stereocenters. The van der Waals surface area contributed by atoms with Crippen molar-refractivity contribution >= 4 is 28.6 Å². The summed E-state index contributed by atoms with van der Waals surface area (Å²) in [6.45, 7) is 5.22. The lowest BCUT2D eigenvalue weighted by molar-refractivity contribution is 0.0951. The normalized spacial score (nSPS) is 13.6. The first-order chi connectivity index (χ1) is 15.1. The summed E-state index contributed by atoms with van der Waals surface area (Å²) in [6, 6.07) is 12.2. The molecule has 1 amide bonds. The van der Waals surface area contributed by atoms with Crippen molar-refractivity contribution in [1.82, 2.24) is 19.9 Å². The fraction of sp³-hybridized carbons (Fsp3) is 0.292. The Labute approximate surface area is 185 Å². The van der Waals surface area contributed by atoms with Crippen LogP contribution in [-0.2, 0) is 0 Å². The minimum Gasteiger partial charge on any atom is -0.382 e. The van der Waals surface area contributed by atoms with E-state index in [1.807, 2.05) is 35.0 Å². The van der Waals surface area contributed by atoms with E-state index in [2.05, 4.69) is 52.4 Å². The average molecular weight is 432 g/mol. The molecule has 3 heterocycles. The van der Waals surface area contributed by atoms with E-state index in [1.54, 1.807) is 11.3 Å². The summed E-state index contributed by atoms with van der Waals surface area (Å²) >= 11 is 1.66. The molecule has 5 rings (SSSR count). The largest absolute Gasteiger partial charge is 0.382 e. The Balaban J connectivity index is 1.53. The van der Waals surface area contributed by atoms with Crippen LogP contribution in [0.1, 0.15) is 37.0 Å². The van der Waals surface area contributed by atoms with Crippen LogP contribution < -0.4 is 10.6 Å². The summed E-state index contributed by atoms with van der Waals surface area (Å²) in [5.41, 5.74) is 6.30. The number of nitrogens with one attached hydrogen (secondary N) is 2. The lowest BCUT2D eigenvalue weighted by Crippen LogP contribution is -2.25. The standard InChI is InChI=1S/C24H25N5OS/c1-15(2)12-25-21-11-20(18-9-10-31-14-18)28-29-22(13-26-23(21)29)16-3-5-17(6-4-16)24(30)27-19-7-8-19/h3-6,9-11,13-15,19,25H,7-8,12H2,1-2H3,(H,27,30). The number of imidazole rings is 1. The van der Waals surface area contributed by atoms with Crippen molar-refractivity contribution in [1.29, 1.82) is 0 Å². The van der Waals surface area contributed by atoms with Crippen LogP contribution in [0.4, 0.5) is 5.69 Å². The van der Waals surface area contributed by atoms with E-state index in [4.69, 9.17) is 5.10 Å². The second-order valence-electron chi connectivity index (χ2n) is 8.43. The summed E-state index contributed by atoms with van der Waals surface area (Å²) in [5.74, 6) is 0.506. The van der Waals surface area contributed by atoms with Gasteiger partial charge >= 0.3 is 0 Å². The second kappa shape index (κ2) is 8.15. The number of nitrogens with zero attached hydrogens (tertiary/aromatic N) is 3. The number of hydrogen-bond donors (Lipinski definition) is 2. The van der Waals surface area contributed by atoms with Crippen LogP contribution in [0.15, 0.2) is 53.4 Å². The zero-order chi connectivity index (χ0) is 21.4. The number of anilines is 1. The van der Waals surface area contributed by atoms with E-state index in [0.29, 0.717) is 17.5 Å². The zero-order valence-electron chi connectivity index (χ0n) is 17.6. The van der Waals surface area contributed by atoms with Gasteiger partial charge in [0.1, 0.15) is 0 Å². The van der Waals surface area contributed by atoms with Gasteiger partial charge in [-0.15, -0.1) is 0 Å². The summed E-state index contributed by atoms with van der Waals surface area (Å²) in [7, 11) is 0. The highest BCUT2D eigenvalue weighted by Gasteiger charge is 2.23. The summed E-state index contributed by atoms with van der Waals surface area (Å²) < 4.78 is 1.90. The topological polar surface area (TPSA) is 71.3 Å². The number of hydrogen-bond acceptors (Lipinski definition) is 5. The SMILES string of the molecule is CC(C)CNc1cc(-c2ccsc2)nn2c(-c3ccc(C(=O)NC4CC4)cc3)cnc12. The molecule has 158 valence electrons. The summed E-state index contributed by atoms with van der Waals surface area (Å²) in [5, 5.41) is 15.6. The number of thiophene rings is 1. The Morgan fingerprint density at radius 1 is 1.19 bits per heavy atom. The third-order valence-electron chi connectivity index (χ3n) is 5.34. The van der Waals surface area contributed by atoms with E-state index >= 15 is 0 Å². The van der Waals surface area contributed by atoms with Gasteiger partial charge in [-0.25, -0.2) is 9.50 Å². The van der Waals surface area contributed by atoms with Crippen LogP contribution in [0.5, 0.6) is 0 Å². The first kappa shape index (κ1) is 19.8. The molecule has 1 aliphatic carbocycles. The third kappa shape index (κ3) is 4.18. The molecular formula is C24H25N5OS. The van der Waals surface area contributed by atoms with Gasteiger partial charge in [-0.05, 0) is 48.4 Å². The van der Waals surface area contributed by atoms with Crippen molar-refractivity contribution < 1.29 is 4.79 Å². The first-order valence-electron chi connectivity index (χ1n) is 10.6. The van der Waals surface area contributed by atoms with Gasteiger partial charge in [0.2, 0.25) is 0 Å². The molecule has 1 aromatic carbocycles. The van der Waals surface area contributed by atoms with Crippen LogP contribution in [-0.4, -0.2) is 33.1 Å². The van der Waals surface area contributed by atoms with Crippen molar-refractivity contribution in [3.8, 4) is 22.5 Å². The highest BCUT2D eigenvalue weighted by atomic mass is 32.1. The Morgan fingerprint density at radius 3 is 2.68 bits per heavy atom. The Morgan fingerprint density at radius 2 is 2.00 bits per heavy atom. The second-order valence-corrected chi connectivity index (χ2v) is 9.21. The Kier molecular flexibility index (Phi) is 5.19. The molecule has 31 heavy (non-hydrogen) atoms. The lowest BCUT2D eigenvalue weighted by atomic mass is 10.1. The molecule has 0 spiro atoms. The first-order valence-corrected chi connectivity index (χ1v) is 11.6. The lowest BCUT2D eigenvalue weighted by Gasteiger charge is -2.12. The Bertz CT molecular complexity index is 1210. The number of carbonyl (C=O) groups excluding carboxylic acids is 1. The van der Waals surface area contributed by atoms with E-state index in [0.717, 1.165) is 53.2 Å². The number of aromatic nitrogens is 3. The van der Waals surface area contributed by atoms with E-state index < -0.39 is 0 Å². The number of carbonyl (C=O) groups is 1. The van der Waals surface area contributed by atoms with Crippen LogP contribution in [0.3, 0.4) is 0 Å². The fourth-order valence-electron chi connectivity index (χ4n) is 3.45. The van der Waals surface area contributed by atoms with Gasteiger partial charge in [0.15, 0.2) is 5.65 Å². The fourth-order valence-corrected chi connectivity index (χ4v) is 4.10. The molecule has 1 fully saturated rings. The minimum atomic E-state index is -0.00904. The van der Waals surface area contributed by atoms with Crippen LogP contribution >= 0.6 is 11.3 Å². The molecule has 0 bridgehead atoms. The van der Waals surface area contributed by atoms with Gasteiger partial charge in [0.25, 0.3) is 5.91 Å². The third-order valence-corrected chi connectivity index (χ3v) is 6.02. The maximum Gasteiger partial charge on any atom is 0.251 e. The quantitative estimate of drug-likeness (QED) is 0.428.